The van der Waals surface area contributed by atoms with Gasteiger partial charge in [-0.2, -0.15) is 0 Å². The number of hydrazine groups is 1. The van der Waals surface area contributed by atoms with E-state index in [9.17, 15) is 14.9 Å². The number of hydrogen-bond donors (Lipinski definition) is 3. The molecular weight excluding hydrogens is 310 g/mol. The van der Waals surface area contributed by atoms with Crippen LogP contribution in [0.5, 0.6) is 0 Å². The van der Waals surface area contributed by atoms with E-state index in [0.29, 0.717) is 17.5 Å². The minimum Gasteiger partial charge on any atom is -0.335 e. The molecule has 1 fully saturated rings. The van der Waals surface area contributed by atoms with Gasteiger partial charge in [-0.15, -0.1) is 0 Å². The van der Waals surface area contributed by atoms with E-state index >= 15 is 0 Å². The van der Waals surface area contributed by atoms with Crippen LogP contribution in [0.25, 0.3) is 0 Å². The van der Waals surface area contributed by atoms with Crippen LogP contribution in [-0.4, -0.2) is 22.0 Å². The second-order valence-corrected chi connectivity index (χ2v) is 5.59. The summed E-state index contributed by atoms with van der Waals surface area (Å²) in [4.78, 5) is 26.9. The minimum absolute atomic E-state index is 0.0597. The molecule has 24 heavy (non-hydrogen) atoms. The number of aromatic nitrogens is 1. The molecule has 1 aliphatic rings. The minimum atomic E-state index is -0.485. The molecule has 1 saturated heterocycles. The Kier molecular flexibility index (Phi) is 4.50. The third kappa shape index (κ3) is 3.24. The van der Waals surface area contributed by atoms with Crippen molar-refractivity contribution < 1.29 is 9.72 Å². The molecule has 2 aromatic rings. The standard InChI is InChI=1S/C16H17N5O3/c1-10-12(3-2-4-14(10)21(23)24)16(22)18-15-9-13(19-20-15)11-5-7-17-8-6-11/h2-8,13,15,19-20H,9H2,1H3,(H,18,22). The zero-order chi connectivity index (χ0) is 17.1. The van der Waals surface area contributed by atoms with E-state index in [-0.39, 0.29) is 23.8 Å². The number of nitro groups is 1. The molecular formula is C16H17N5O3. The zero-order valence-corrected chi connectivity index (χ0v) is 13.0. The molecule has 3 rings (SSSR count). The van der Waals surface area contributed by atoms with Gasteiger partial charge in [0.25, 0.3) is 11.6 Å². The van der Waals surface area contributed by atoms with Gasteiger partial charge in [0.05, 0.1) is 11.1 Å². The number of carbonyl (C=O) groups excluding carboxylic acids is 1. The number of amides is 1. The molecule has 8 nitrogen and oxygen atoms in total. The molecule has 2 unspecified atom stereocenters. The lowest BCUT2D eigenvalue weighted by Gasteiger charge is -2.13. The van der Waals surface area contributed by atoms with Gasteiger partial charge in [-0.1, -0.05) is 6.07 Å². The molecule has 3 N–H and O–H groups in total. The quantitative estimate of drug-likeness (QED) is 0.581. The van der Waals surface area contributed by atoms with Crippen LogP contribution in [0.4, 0.5) is 5.69 Å². The van der Waals surface area contributed by atoms with Gasteiger partial charge in [0.2, 0.25) is 0 Å². The summed E-state index contributed by atoms with van der Waals surface area (Å²) in [7, 11) is 0. The maximum Gasteiger partial charge on any atom is 0.273 e. The molecule has 124 valence electrons. The fourth-order valence-corrected chi connectivity index (χ4v) is 2.77. The van der Waals surface area contributed by atoms with E-state index in [0.717, 1.165) is 5.56 Å². The molecule has 1 aromatic carbocycles. The van der Waals surface area contributed by atoms with Gasteiger partial charge in [0.15, 0.2) is 0 Å². The normalized spacial score (nSPS) is 19.9. The lowest BCUT2D eigenvalue weighted by atomic mass is 10.0. The highest BCUT2D eigenvalue weighted by Crippen LogP contribution is 2.23. The first-order valence-corrected chi connectivity index (χ1v) is 7.52. The summed E-state index contributed by atoms with van der Waals surface area (Å²) in [5, 5.41) is 13.8. The van der Waals surface area contributed by atoms with Crippen LogP contribution in [0.15, 0.2) is 42.7 Å². The zero-order valence-electron chi connectivity index (χ0n) is 13.0. The average molecular weight is 327 g/mol. The summed E-state index contributed by atoms with van der Waals surface area (Å²) in [5.41, 5.74) is 7.82. The molecule has 2 heterocycles. The van der Waals surface area contributed by atoms with E-state index in [2.05, 4.69) is 21.2 Å². The topological polar surface area (TPSA) is 109 Å². The molecule has 0 bridgehead atoms. The number of pyridine rings is 1. The van der Waals surface area contributed by atoms with Crippen LogP contribution in [-0.2, 0) is 0 Å². The van der Waals surface area contributed by atoms with E-state index in [1.807, 2.05) is 12.1 Å². The van der Waals surface area contributed by atoms with Crippen molar-refractivity contribution in [2.24, 2.45) is 0 Å². The van der Waals surface area contributed by atoms with E-state index in [1.165, 1.54) is 12.1 Å². The van der Waals surface area contributed by atoms with Crippen molar-refractivity contribution in [1.29, 1.82) is 0 Å². The third-order valence-corrected chi connectivity index (χ3v) is 4.06. The van der Waals surface area contributed by atoms with Crippen molar-refractivity contribution in [3.63, 3.8) is 0 Å². The van der Waals surface area contributed by atoms with E-state index in [1.54, 1.807) is 25.4 Å². The van der Waals surface area contributed by atoms with Gasteiger partial charge in [-0.3, -0.25) is 19.9 Å². The van der Waals surface area contributed by atoms with Crippen LogP contribution in [0, 0.1) is 17.0 Å². The van der Waals surface area contributed by atoms with Gasteiger partial charge in [-0.25, -0.2) is 10.9 Å². The first-order chi connectivity index (χ1) is 11.6. The highest BCUT2D eigenvalue weighted by atomic mass is 16.6. The Bertz CT molecular complexity index is 766. The number of rotatable bonds is 4. The highest BCUT2D eigenvalue weighted by molar-refractivity contribution is 5.96. The monoisotopic (exact) mass is 327 g/mol. The van der Waals surface area contributed by atoms with Crippen LogP contribution in [0.1, 0.15) is 33.9 Å². The summed E-state index contributed by atoms with van der Waals surface area (Å²) in [6.45, 7) is 1.58. The summed E-state index contributed by atoms with van der Waals surface area (Å²) in [6.07, 6.45) is 3.82. The Morgan fingerprint density at radius 1 is 1.29 bits per heavy atom. The Labute approximate surface area is 138 Å². The van der Waals surface area contributed by atoms with Crippen LogP contribution in [0.2, 0.25) is 0 Å². The molecule has 0 aliphatic carbocycles. The molecule has 0 saturated carbocycles. The summed E-state index contributed by atoms with van der Waals surface area (Å²) in [6, 6.07) is 8.37. The van der Waals surface area contributed by atoms with Crippen molar-refractivity contribution in [1.82, 2.24) is 21.2 Å². The van der Waals surface area contributed by atoms with Gasteiger partial charge in [-0.05, 0) is 30.7 Å². The van der Waals surface area contributed by atoms with Crippen molar-refractivity contribution in [2.75, 3.05) is 0 Å². The lowest BCUT2D eigenvalue weighted by molar-refractivity contribution is -0.385. The van der Waals surface area contributed by atoms with Crippen LogP contribution in [0.3, 0.4) is 0 Å². The maximum atomic E-state index is 12.4. The highest BCUT2D eigenvalue weighted by Gasteiger charge is 2.27. The Morgan fingerprint density at radius 2 is 2.04 bits per heavy atom. The van der Waals surface area contributed by atoms with Gasteiger partial charge in [0, 0.05) is 42.0 Å². The first-order valence-electron chi connectivity index (χ1n) is 7.52. The Hall–Kier alpha value is -2.84. The second kappa shape index (κ2) is 6.73. The van der Waals surface area contributed by atoms with Crippen molar-refractivity contribution in [2.45, 2.75) is 25.6 Å². The van der Waals surface area contributed by atoms with Crippen molar-refractivity contribution in [3.05, 3.63) is 69.5 Å². The van der Waals surface area contributed by atoms with Crippen LogP contribution >= 0.6 is 0 Å². The van der Waals surface area contributed by atoms with E-state index < -0.39 is 4.92 Å². The number of nitrogens with zero attached hydrogens (tertiary/aromatic N) is 2. The third-order valence-electron chi connectivity index (χ3n) is 4.06. The molecule has 2 atom stereocenters. The predicted molar refractivity (Wildman–Crippen MR) is 87.0 cm³/mol. The summed E-state index contributed by atoms with van der Waals surface area (Å²) >= 11 is 0. The summed E-state index contributed by atoms with van der Waals surface area (Å²) < 4.78 is 0. The first kappa shape index (κ1) is 16.0. The van der Waals surface area contributed by atoms with Crippen LogP contribution < -0.4 is 16.2 Å². The van der Waals surface area contributed by atoms with Gasteiger partial charge in [0.1, 0.15) is 0 Å². The molecule has 1 amide bonds. The largest absolute Gasteiger partial charge is 0.335 e. The number of carbonyl (C=O) groups is 1. The molecule has 1 aliphatic heterocycles. The fraction of sp³-hybridized carbons (Fsp3) is 0.250. The van der Waals surface area contributed by atoms with Crippen molar-refractivity contribution >= 4 is 11.6 Å². The lowest BCUT2D eigenvalue weighted by Crippen LogP contribution is -2.44. The van der Waals surface area contributed by atoms with Crippen molar-refractivity contribution in [3.8, 4) is 0 Å². The smallest absolute Gasteiger partial charge is 0.273 e. The second-order valence-electron chi connectivity index (χ2n) is 5.59. The number of benzene rings is 1. The maximum absolute atomic E-state index is 12.4. The number of hydrogen-bond acceptors (Lipinski definition) is 6. The van der Waals surface area contributed by atoms with E-state index in [4.69, 9.17) is 0 Å². The predicted octanol–water partition coefficient (Wildman–Crippen LogP) is 1.59. The number of nitrogens with one attached hydrogen (secondary N) is 3. The van der Waals surface area contributed by atoms with Gasteiger partial charge >= 0.3 is 0 Å². The molecule has 1 aromatic heterocycles. The summed E-state index contributed by atoms with van der Waals surface area (Å²) in [5.74, 6) is -0.342. The number of nitro benzene ring substituents is 1. The molecule has 0 radical (unpaired) electrons. The Balaban J connectivity index is 1.68. The SMILES string of the molecule is Cc1c(C(=O)NC2CC(c3ccncc3)NN2)cccc1[N+](=O)[O-]. The van der Waals surface area contributed by atoms with Gasteiger partial charge < -0.3 is 5.32 Å². The molecule has 8 heteroatoms. The Morgan fingerprint density at radius 3 is 2.75 bits per heavy atom. The molecule has 0 spiro atoms. The average Bonchev–Trinajstić information content (AvgIpc) is 3.04. The fourth-order valence-electron chi connectivity index (χ4n) is 2.77.